The zero-order valence-corrected chi connectivity index (χ0v) is 17.4. The van der Waals surface area contributed by atoms with Crippen molar-refractivity contribution in [3.63, 3.8) is 0 Å². The summed E-state index contributed by atoms with van der Waals surface area (Å²) in [6, 6.07) is 6.55. The van der Waals surface area contributed by atoms with Crippen LogP contribution in [0.3, 0.4) is 0 Å². The van der Waals surface area contributed by atoms with Gasteiger partial charge in [-0.3, -0.25) is 4.79 Å². The molecular formula is C18H23N5O3S2. The van der Waals surface area contributed by atoms with Gasteiger partial charge in [-0.25, -0.2) is 18.8 Å². The van der Waals surface area contributed by atoms with E-state index in [4.69, 9.17) is 0 Å². The molecule has 1 aromatic carbocycles. The fourth-order valence-corrected chi connectivity index (χ4v) is 4.86. The van der Waals surface area contributed by atoms with Gasteiger partial charge in [0.05, 0.1) is 27.7 Å². The number of hydrogen-bond donors (Lipinski definition) is 2. The minimum Gasteiger partial charge on any atom is -0.314 e. The van der Waals surface area contributed by atoms with Crippen LogP contribution in [0.25, 0.3) is 0 Å². The predicted molar refractivity (Wildman–Crippen MR) is 109 cm³/mol. The molecule has 1 saturated heterocycles. The maximum atomic E-state index is 12.7. The van der Waals surface area contributed by atoms with Crippen LogP contribution in [0.4, 0.5) is 0 Å². The number of hydrogen-bond acceptors (Lipinski definition) is 7. The normalized spacial score (nSPS) is 16.1. The predicted octanol–water partition coefficient (Wildman–Crippen LogP) is 1.13. The van der Waals surface area contributed by atoms with Gasteiger partial charge in [0.25, 0.3) is 0 Å². The molecule has 0 bridgehead atoms. The fourth-order valence-electron chi connectivity index (χ4n) is 2.81. The number of carbonyl (C=O) groups is 1. The van der Waals surface area contributed by atoms with E-state index < -0.39 is 10.0 Å². The van der Waals surface area contributed by atoms with E-state index >= 15 is 0 Å². The summed E-state index contributed by atoms with van der Waals surface area (Å²) in [6.07, 6.45) is 0.170. The molecule has 1 aliphatic heterocycles. The summed E-state index contributed by atoms with van der Waals surface area (Å²) in [4.78, 5) is 16.5. The number of carbonyl (C=O) groups excluding carboxylic acids is 1. The second-order valence-electron chi connectivity index (χ2n) is 6.45. The van der Waals surface area contributed by atoms with Crippen LogP contribution in [0, 0.1) is 6.92 Å². The average molecular weight is 422 g/mol. The van der Waals surface area contributed by atoms with Gasteiger partial charge in [-0.05, 0) is 31.5 Å². The Hall–Kier alpha value is -2.14. The standard InChI is InChI=1S/C18H23N5O3S2/c1-13(21-22-18(24)11-16-12-27-14(2)20-16)15-3-5-17(6-4-15)28(25,26)23-9-7-19-8-10-23/h3-6,12,19H,7-11H2,1-2H3,(H,22,24)/b21-13-. The average Bonchev–Trinajstić information content (AvgIpc) is 3.11. The van der Waals surface area contributed by atoms with Crippen LogP contribution in [-0.2, 0) is 21.2 Å². The van der Waals surface area contributed by atoms with E-state index in [9.17, 15) is 13.2 Å². The van der Waals surface area contributed by atoms with Crippen LogP contribution < -0.4 is 10.7 Å². The van der Waals surface area contributed by atoms with Crippen molar-refractivity contribution in [3.8, 4) is 0 Å². The van der Waals surface area contributed by atoms with E-state index in [0.717, 1.165) is 16.3 Å². The van der Waals surface area contributed by atoms with Crippen molar-refractivity contribution in [2.45, 2.75) is 25.2 Å². The number of nitrogens with zero attached hydrogens (tertiary/aromatic N) is 3. The Morgan fingerprint density at radius 1 is 1.29 bits per heavy atom. The Bertz CT molecular complexity index is 961. The number of piperazine rings is 1. The lowest BCUT2D eigenvalue weighted by Crippen LogP contribution is -2.46. The number of amides is 1. The van der Waals surface area contributed by atoms with Crippen molar-refractivity contribution < 1.29 is 13.2 Å². The number of sulfonamides is 1. The van der Waals surface area contributed by atoms with E-state index in [1.165, 1.54) is 15.6 Å². The summed E-state index contributed by atoms with van der Waals surface area (Å²) >= 11 is 1.50. The van der Waals surface area contributed by atoms with Crippen LogP contribution in [0.15, 0.2) is 39.6 Å². The molecule has 2 aromatic rings. The molecule has 3 rings (SSSR count). The van der Waals surface area contributed by atoms with Gasteiger partial charge < -0.3 is 5.32 Å². The molecule has 0 spiro atoms. The highest BCUT2D eigenvalue weighted by Crippen LogP contribution is 2.17. The number of benzene rings is 1. The van der Waals surface area contributed by atoms with E-state index in [-0.39, 0.29) is 17.2 Å². The number of nitrogens with one attached hydrogen (secondary N) is 2. The van der Waals surface area contributed by atoms with Crippen molar-refractivity contribution >= 4 is 33.0 Å². The molecule has 28 heavy (non-hydrogen) atoms. The molecule has 2 N–H and O–H groups in total. The minimum atomic E-state index is -3.49. The number of hydrazone groups is 1. The number of rotatable bonds is 6. The molecule has 10 heteroatoms. The summed E-state index contributed by atoms with van der Waals surface area (Å²) < 4.78 is 26.8. The van der Waals surface area contributed by atoms with E-state index in [1.54, 1.807) is 31.2 Å². The van der Waals surface area contributed by atoms with Gasteiger partial charge in [0, 0.05) is 31.6 Å². The van der Waals surface area contributed by atoms with Crippen molar-refractivity contribution in [1.82, 2.24) is 20.0 Å². The molecule has 0 unspecified atom stereocenters. The highest BCUT2D eigenvalue weighted by Gasteiger charge is 2.25. The summed E-state index contributed by atoms with van der Waals surface area (Å²) in [5.41, 5.74) is 4.56. The monoisotopic (exact) mass is 421 g/mol. The molecule has 1 fully saturated rings. The minimum absolute atomic E-state index is 0.170. The summed E-state index contributed by atoms with van der Waals surface area (Å²) in [6.45, 7) is 5.89. The Labute approximate surface area is 168 Å². The van der Waals surface area contributed by atoms with Crippen molar-refractivity contribution in [1.29, 1.82) is 0 Å². The third-order valence-electron chi connectivity index (χ3n) is 4.34. The molecule has 150 valence electrons. The smallest absolute Gasteiger partial charge is 0.246 e. The highest BCUT2D eigenvalue weighted by atomic mass is 32.2. The molecule has 8 nitrogen and oxygen atoms in total. The summed E-state index contributed by atoms with van der Waals surface area (Å²) in [5.74, 6) is -0.248. The van der Waals surface area contributed by atoms with Crippen LogP contribution in [0.2, 0.25) is 0 Å². The second-order valence-corrected chi connectivity index (χ2v) is 9.45. The Morgan fingerprint density at radius 2 is 1.96 bits per heavy atom. The Morgan fingerprint density at radius 3 is 2.57 bits per heavy atom. The lowest BCUT2D eigenvalue weighted by molar-refractivity contribution is -0.120. The van der Waals surface area contributed by atoms with Crippen LogP contribution >= 0.6 is 11.3 Å². The fraction of sp³-hybridized carbons (Fsp3) is 0.389. The summed E-state index contributed by atoms with van der Waals surface area (Å²) in [7, 11) is -3.49. The maximum absolute atomic E-state index is 12.7. The van der Waals surface area contributed by atoms with Crippen molar-refractivity contribution in [3.05, 3.63) is 45.9 Å². The van der Waals surface area contributed by atoms with Crippen molar-refractivity contribution in [2.24, 2.45) is 5.10 Å². The zero-order valence-electron chi connectivity index (χ0n) is 15.8. The van der Waals surface area contributed by atoms with Gasteiger partial charge in [0.2, 0.25) is 15.9 Å². The highest BCUT2D eigenvalue weighted by molar-refractivity contribution is 7.89. The SMILES string of the molecule is C/C(=N/NC(=O)Cc1csc(C)n1)c1ccc(S(=O)(=O)N2CCNCC2)cc1. The van der Waals surface area contributed by atoms with E-state index in [1.807, 2.05) is 12.3 Å². The first-order valence-electron chi connectivity index (χ1n) is 8.92. The quantitative estimate of drug-likeness (QED) is 0.538. The summed E-state index contributed by atoms with van der Waals surface area (Å²) in [5, 5.41) is 10.0. The van der Waals surface area contributed by atoms with E-state index in [0.29, 0.717) is 31.9 Å². The molecule has 0 aliphatic carbocycles. The number of aryl methyl sites for hydroxylation is 1. The third-order valence-corrected chi connectivity index (χ3v) is 7.08. The molecule has 1 aromatic heterocycles. The first-order valence-corrected chi connectivity index (χ1v) is 11.2. The van der Waals surface area contributed by atoms with Gasteiger partial charge >= 0.3 is 0 Å². The molecule has 0 saturated carbocycles. The zero-order chi connectivity index (χ0) is 20.1. The molecule has 1 amide bonds. The van der Waals surface area contributed by atoms with Gasteiger partial charge in [0.15, 0.2) is 0 Å². The first kappa shape index (κ1) is 20.6. The van der Waals surface area contributed by atoms with Gasteiger partial charge in [-0.15, -0.1) is 11.3 Å². The third kappa shape index (κ3) is 5.02. The van der Waals surface area contributed by atoms with Crippen molar-refractivity contribution in [2.75, 3.05) is 26.2 Å². The van der Waals surface area contributed by atoms with Crippen LogP contribution in [0.5, 0.6) is 0 Å². The van der Waals surface area contributed by atoms with E-state index in [2.05, 4.69) is 20.8 Å². The Kier molecular flexibility index (Phi) is 6.55. The largest absolute Gasteiger partial charge is 0.314 e. The lowest BCUT2D eigenvalue weighted by atomic mass is 10.1. The van der Waals surface area contributed by atoms with Gasteiger partial charge in [-0.2, -0.15) is 9.41 Å². The molecular weight excluding hydrogens is 398 g/mol. The molecule has 0 atom stereocenters. The first-order chi connectivity index (χ1) is 13.4. The lowest BCUT2D eigenvalue weighted by Gasteiger charge is -2.26. The topological polar surface area (TPSA) is 104 Å². The Balaban J connectivity index is 1.63. The molecule has 0 radical (unpaired) electrons. The van der Waals surface area contributed by atoms with Crippen LogP contribution in [-0.4, -0.2) is 55.5 Å². The maximum Gasteiger partial charge on any atom is 0.246 e. The number of thiazole rings is 1. The van der Waals surface area contributed by atoms with Crippen LogP contribution in [0.1, 0.15) is 23.2 Å². The van der Waals surface area contributed by atoms with Gasteiger partial charge in [0.1, 0.15) is 0 Å². The number of aromatic nitrogens is 1. The second kappa shape index (κ2) is 8.91. The molecule has 1 aliphatic rings. The molecule has 2 heterocycles. The van der Waals surface area contributed by atoms with Gasteiger partial charge in [-0.1, -0.05) is 12.1 Å².